The number of aliphatic imine (C=N–C) groups is 1. The van der Waals surface area contributed by atoms with E-state index in [9.17, 15) is 0 Å². The third kappa shape index (κ3) is 6.33. The van der Waals surface area contributed by atoms with Gasteiger partial charge in [-0.2, -0.15) is 0 Å². The van der Waals surface area contributed by atoms with Crippen LogP contribution in [0.4, 0.5) is 0 Å². The molecule has 3 N–H and O–H groups in total. The van der Waals surface area contributed by atoms with E-state index in [1.807, 2.05) is 0 Å². The van der Waals surface area contributed by atoms with Crippen LogP contribution in [0.3, 0.4) is 0 Å². The molecule has 5 nitrogen and oxygen atoms in total. The molecule has 138 valence electrons. The predicted molar refractivity (Wildman–Crippen MR) is 100 cm³/mol. The van der Waals surface area contributed by atoms with Crippen molar-refractivity contribution in [1.82, 2.24) is 5.32 Å². The highest BCUT2D eigenvalue weighted by molar-refractivity contribution is 5.78. The zero-order chi connectivity index (χ0) is 17.3. The van der Waals surface area contributed by atoms with Crippen molar-refractivity contribution in [2.45, 2.75) is 70.2 Å². The minimum Gasteiger partial charge on any atom is -0.381 e. The van der Waals surface area contributed by atoms with Gasteiger partial charge in [0, 0.05) is 19.3 Å². The van der Waals surface area contributed by atoms with Crippen LogP contribution in [0.1, 0.15) is 56.1 Å². The Morgan fingerprint density at radius 2 is 1.88 bits per heavy atom. The lowest BCUT2D eigenvalue weighted by Crippen LogP contribution is -2.41. The van der Waals surface area contributed by atoms with E-state index < -0.39 is 0 Å². The van der Waals surface area contributed by atoms with E-state index in [-0.39, 0.29) is 0 Å². The maximum absolute atomic E-state index is 6.05. The number of ether oxygens (including phenoxy) is 2. The second-order valence-corrected chi connectivity index (χ2v) is 7.12. The van der Waals surface area contributed by atoms with Gasteiger partial charge in [0.1, 0.15) is 0 Å². The van der Waals surface area contributed by atoms with Gasteiger partial charge in [-0.05, 0) is 36.8 Å². The Morgan fingerprint density at radius 3 is 2.68 bits per heavy atom. The quantitative estimate of drug-likeness (QED) is 0.614. The number of guanidine groups is 1. The number of nitrogens with one attached hydrogen (secondary N) is 1. The average molecular weight is 345 g/mol. The number of hydrogen-bond acceptors (Lipinski definition) is 3. The van der Waals surface area contributed by atoms with Gasteiger partial charge < -0.3 is 20.5 Å². The lowest BCUT2D eigenvalue weighted by Gasteiger charge is -2.23. The summed E-state index contributed by atoms with van der Waals surface area (Å²) in [7, 11) is 0. The highest BCUT2D eigenvalue weighted by atomic mass is 16.5. The fraction of sp³-hybridized carbons (Fsp3) is 0.650. The molecule has 0 aromatic heterocycles. The lowest BCUT2D eigenvalue weighted by molar-refractivity contribution is -0.0390. The average Bonchev–Trinajstić information content (AvgIpc) is 2.67. The summed E-state index contributed by atoms with van der Waals surface area (Å²) in [5.41, 5.74) is 8.41. The van der Waals surface area contributed by atoms with Gasteiger partial charge in [0.05, 0.1) is 19.3 Å². The van der Waals surface area contributed by atoms with E-state index in [0.29, 0.717) is 31.3 Å². The van der Waals surface area contributed by atoms with Crippen LogP contribution < -0.4 is 11.1 Å². The molecule has 3 rings (SSSR count). The zero-order valence-corrected chi connectivity index (χ0v) is 15.1. The van der Waals surface area contributed by atoms with Gasteiger partial charge >= 0.3 is 0 Å². The normalized spacial score (nSPS) is 20.6. The van der Waals surface area contributed by atoms with Crippen LogP contribution >= 0.6 is 0 Å². The summed E-state index contributed by atoms with van der Waals surface area (Å²) in [6, 6.07) is 8.93. The van der Waals surface area contributed by atoms with E-state index in [4.69, 9.17) is 15.2 Å². The monoisotopic (exact) mass is 345 g/mol. The third-order valence-corrected chi connectivity index (χ3v) is 5.03. The Labute approximate surface area is 151 Å². The summed E-state index contributed by atoms with van der Waals surface area (Å²) in [6.45, 7) is 2.88. The highest BCUT2D eigenvalue weighted by Crippen LogP contribution is 2.17. The second-order valence-electron chi connectivity index (χ2n) is 7.12. The molecule has 5 heteroatoms. The topological polar surface area (TPSA) is 68.9 Å². The fourth-order valence-corrected chi connectivity index (χ4v) is 3.55. The molecular weight excluding hydrogens is 314 g/mol. The standard InChI is InChI=1S/C20H31N3O2/c21-20(23-18-7-2-1-3-8-18)22-14-16-5-4-6-17(13-16)15-25-19-9-11-24-12-10-19/h4-6,13,18-19H,1-3,7-12,14-15H2,(H3,21,22,23). The maximum atomic E-state index is 6.05. The molecule has 1 saturated heterocycles. The van der Waals surface area contributed by atoms with Crippen molar-refractivity contribution < 1.29 is 9.47 Å². The van der Waals surface area contributed by atoms with Crippen molar-refractivity contribution in [1.29, 1.82) is 0 Å². The molecule has 2 aliphatic rings. The molecule has 2 fully saturated rings. The van der Waals surface area contributed by atoms with Crippen LogP contribution in [-0.2, 0) is 22.6 Å². The summed E-state index contributed by atoms with van der Waals surface area (Å²) < 4.78 is 11.4. The third-order valence-electron chi connectivity index (χ3n) is 5.03. The predicted octanol–water partition coefficient (Wildman–Crippen LogP) is 3.12. The largest absolute Gasteiger partial charge is 0.381 e. The molecule has 1 heterocycles. The molecule has 1 aliphatic carbocycles. The molecule has 1 aliphatic heterocycles. The van der Waals surface area contributed by atoms with E-state index in [1.165, 1.54) is 43.2 Å². The molecule has 0 unspecified atom stereocenters. The molecule has 25 heavy (non-hydrogen) atoms. The van der Waals surface area contributed by atoms with Crippen LogP contribution in [0, 0.1) is 0 Å². The van der Waals surface area contributed by atoms with E-state index in [2.05, 4.69) is 34.6 Å². The summed E-state index contributed by atoms with van der Waals surface area (Å²) >= 11 is 0. The Kier molecular flexibility index (Phi) is 7.12. The maximum Gasteiger partial charge on any atom is 0.189 e. The first kappa shape index (κ1) is 18.2. The lowest BCUT2D eigenvalue weighted by atomic mass is 9.96. The number of rotatable bonds is 6. The van der Waals surface area contributed by atoms with Gasteiger partial charge in [0.25, 0.3) is 0 Å². The molecule has 1 saturated carbocycles. The Morgan fingerprint density at radius 1 is 1.12 bits per heavy atom. The van der Waals surface area contributed by atoms with Crippen molar-refractivity contribution >= 4 is 5.96 Å². The van der Waals surface area contributed by atoms with Crippen LogP contribution in [0.2, 0.25) is 0 Å². The second kappa shape index (κ2) is 9.78. The zero-order valence-electron chi connectivity index (χ0n) is 15.1. The Hall–Kier alpha value is -1.59. The number of nitrogens with two attached hydrogens (primary N) is 1. The molecule has 0 atom stereocenters. The smallest absolute Gasteiger partial charge is 0.189 e. The minimum absolute atomic E-state index is 0.325. The Bertz CT molecular complexity index is 550. The van der Waals surface area contributed by atoms with E-state index >= 15 is 0 Å². The van der Waals surface area contributed by atoms with Gasteiger partial charge in [0.15, 0.2) is 5.96 Å². The van der Waals surface area contributed by atoms with Crippen molar-refractivity contribution in [3.63, 3.8) is 0 Å². The highest BCUT2D eigenvalue weighted by Gasteiger charge is 2.14. The van der Waals surface area contributed by atoms with Gasteiger partial charge in [-0.25, -0.2) is 4.99 Å². The van der Waals surface area contributed by atoms with Crippen LogP contribution in [0.15, 0.2) is 29.3 Å². The molecule has 0 spiro atoms. The van der Waals surface area contributed by atoms with Crippen LogP contribution in [0.5, 0.6) is 0 Å². The van der Waals surface area contributed by atoms with E-state index in [0.717, 1.165) is 26.1 Å². The first-order valence-electron chi connectivity index (χ1n) is 9.63. The summed E-state index contributed by atoms with van der Waals surface area (Å²) in [5.74, 6) is 0.566. The molecule has 1 aromatic carbocycles. The Balaban J connectivity index is 1.46. The van der Waals surface area contributed by atoms with Gasteiger partial charge in [-0.3, -0.25) is 0 Å². The summed E-state index contributed by atoms with van der Waals surface area (Å²) in [5, 5.41) is 3.36. The number of hydrogen-bond donors (Lipinski definition) is 2. The molecule has 0 radical (unpaired) electrons. The first-order valence-corrected chi connectivity index (χ1v) is 9.63. The SMILES string of the molecule is NC(=NCc1cccc(COC2CCOCC2)c1)NC1CCCCC1. The van der Waals surface area contributed by atoms with Crippen molar-refractivity contribution in [3.8, 4) is 0 Å². The summed E-state index contributed by atoms with van der Waals surface area (Å²) in [6.07, 6.45) is 8.65. The van der Waals surface area contributed by atoms with Crippen LogP contribution in [0.25, 0.3) is 0 Å². The van der Waals surface area contributed by atoms with Gasteiger partial charge in [-0.15, -0.1) is 0 Å². The molecule has 0 bridgehead atoms. The van der Waals surface area contributed by atoms with E-state index in [1.54, 1.807) is 0 Å². The van der Waals surface area contributed by atoms with Crippen molar-refractivity contribution in [2.75, 3.05) is 13.2 Å². The summed E-state index contributed by atoms with van der Waals surface area (Å²) in [4.78, 5) is 4.51. The van der Waals surface area contributed by atoms with Crippen molar-refractivity contribution in [3.05, 3.63) is 35.4 Å². The van der Waals surface area contributed by atoms with Crippen LogP contribution in [-0.4, -0.2) is 31.3 Å². The molecule has 0 amide bonds. The molecule has 1 aromatic rings. The minimum atomic E-state index is 0.325. The number of nitrogens with zero attached hydrogens (tertiary/aromatic N) is 1. The molecular formula is C20H31N3O2. The van der Waals surface area contributed by atoms with Gasteiger partial charge in [0.2, 0.25) is 0 Å². The fourth-order valence-electron chi connectivity index (χ4n) is 3.55. The van der Waals surface area contributed by atoms with Crippen molar-refractivity contribution in [2.24, 2.45) is 10.7 Å². The first-order chi connectivity index (χ1) is 12.3. The van der Waals surface area contributed by atoms with Gasteiger partial charge in [-0.1, -0.05) is 43.5 Å². The number of benzene rings is 1.